The highest BCUT2D eigenvalue weighted by Crippen LogP contribution is 2.22. The second kappa shape index (κ2) is 4.07. The summed E-state index contributed by atoms with van der Waals surface area (Å²) < 4.78 is 1.29. The van der Waals surface area contributed by atoms with Gasteiger partial charge in [-0.25, -0.2) is 4.98 Å². The van der Waals surface area contributed by atoms with Crippen LogP contribution in [0.3, 0.4) is 0 Å². The van der Waals surface area contributed by atoms with E-state index in [1.54, 1.807) is 11.3 Å². The zero-order valence-corrected chi connectivity index (χ0v) is 9.32. The van der Waals surface area contributed by atoms with Gasteiger partial charge in [0.2, 0.25) is 0 Å². The van der Waals surface area contributed by atoms with Crippen LogP contribution in [0.2, 0.25) is 0 Å². The maximum Gasteiger partial charge on any atom is 0.108 e. The highest BCUT2D eigenvalue weighted by Gasteiger charge is 2.02. The fraction of sp³-hybridized carbons (Fsp3) is 0.364. The Morgan fingerprint density at radius 2 is 2.29 bits per heavy atom. The van der Waals surface area contributed by atoms with E-state index >= 15 is 0 Å². The van der Waals surface area contributed by atoms with Crippen molar-refractivity contribution < 1.29 is 0 Å². The van der Waals surface area contributed by atoms with Crippen molar-refractivity contribution in [2.75, 3.05) is 6.54 Å². The lowest BCUT2D eigenvalue weighted by molar-refractivity contribution is 0.724. The van der Waals surface area contributed by atoms with Crippen LogP contribution in [0.5, 0.6) is 0 Å². The van der Waals surface area contributed by atoms with Crippen molar-refractivity contribution in [3.63, 3.8) is 0 Å². The Labute approximate surface area is 88.0 Å². The van der Waals surface area contributed by atoms with Gasteiger partial charge in [-0.15, -0.1) is 11.3 Å². The van der Waals surface area contributed by atoms with Crippen LogP contribution in [0.1, 0.15) is 17.5 Å². The van der Waals surface area contributed by atoms with Crippen molar-refractivity contribution in [3.8, 4) is 0 Å². The fourth-order valence-electron chi connectivity index (χ4n) is 1.39. The molecule has 0 atom stereocenters. The molecule has 2 rings (SSSR count). The van der Waals surface area contributed by atoms with Crippen molar-refractivity contribution in [2.24, 2.45) is 0 Å². The predicted molar refractivity (Wildman–Crippen MR) is 61.7 cm³/mol. The molecule has 1 aromatic heterocycles. The maximum atomic E-state index is 4.55. The molecule has 0 bridgehead atoms. The lowest BCUT2D eigenvalue weighted by Gasteiger charge is -1.93. The second-order valence-corrected chi connectivity index (χ2v) is 4.47. The van der Waals surface area contributed by atoms with Gasteiger partial charge in [0.1, 0.15) is 5.01 Å². The summed E-state index contributed by atoms with van der Waals surface area (Å²) in [6, 6.07) is 6.40. The molecule has 1 heterocycles. The second-order valence-electron chi connectivity index (χ2n) is 3.36. The highest BCUT2D eigenvalue weighted by molar-refractivity contribution is 7.18. The lowest BCUT2D eigenvalue weighted by atomic mass is 10.2. The van der Waals surface area contributed by atoms with E-state index in [-0.39, 0.29) is 0 Å². The Morgan fingerprint density at radius 1 is 1.43 bits per heavy atom. The van der Waals surface area contributed by atoms with Gasteiger partial charge in [-0.2, -0.15) is 0 Å². The number of thiazole rings is 1. The van der Waals surface area contributed by atoms with E-state index in [0.717, 1.165) is 18.6 Å². The van der Waals surface area contributed by atoms with Crippen LogP contribution in [0, 0.1) is 6.92 Å². The van der Waals surface area contributed by atoms with Gasteiger partial charge in [0.05, 0.1) is 10.2 Å². The largest absolute Gasteiger partial charge is 0.311 e. The van der Waals surface area contributed by atoms with Gasteiger partial charge in [-0.05, 0) is 31.2 Å². The van der Waals surface area contributed by atoms with Crippen LogP contribution < -0.4 is 5.32 Å². The summed E-state index contributed by atoms with van der Waals surface area (Å²) >= 11 is 1.78. The SMILES string of the molecule is CCNCc1nc2ccc(C)cc2s1. The summed E-state index contributed by atoms with van der Waals surface area (Å²) in [7, 11) is 0. The zero-order chi connectivity index (χ0) is 9.97. The summed E-state index contributed by atoms with van der Waals surface area (Å²) in [6.07, 6.45) is 0. The molecule has 0 saturated carbocycles. The summed E-state index contributed by atoms with van der Waals surface area (Å²) in [5.74, 6) is 0. The van der Waals surface area contributed by atoms with E-state index in [9.17, 15) is 0 Å². The third kappa shape index (κ3) is 1.94. The topological polar surface area (TPSA) is 24.9 Å². The Kier molecular flexibility index (Phi) is 2.79. The number of benzene rings is 1. The summed E-state index contributed by atoms with van der Waals surface area (Å²) in [6.45, 7) is 6.10. The van der Waals surface area contributed by atoms with Crippen LogP contribution in [0.15, 0.2) is 18.2 Å². The minimum Gasteiger partial charge on any atom is -0.311 e. The van der Waals surface area contributed by atoms with Crippen LogP contribution in [0.25, 0.3) is 10.2 Å². The monoisotopic (exact) mass is 206 g/mol. The van der Waals surface area contributed by atoms with E-state index in [1.807, 2.05) is 0 Å². The van der Waals surface area contributed by atoms with Gasteiger partial charge in [0.25, 0.3) is 0 Å². The molecule has 0 aliphatic heterocycles. The van der Waals surface area contributed by atoms with Crippen molar-refractivity contribution in [3.05, 3.63) is 28.8 Å². The van der Waals surface area contributed by atoms with E-state index < -0.39 is 0 Å². The molecule has 1 aromatic carbocycles. The minimum absolute atomic E-state index is 0.884. The van der Waals surface area contributed by atoms with E-state index in [4.69, 9.17) is 0 Å². The molecule has 74 valence electrons. The number of nitrogens with zero attached hydrogens (tertiary/aromatic N) is 1. The van der Waals surface area contributed by atoms with Gasteiger partial charge in [-0.3, -0.25) is 0 Å². The van der Waals surface area contributed by atoms with Crippen molar-refractivity contribution in [1.29, 1.82) is 0 Å². The third-order valence-electron chi connectivity index (χ3n) is 2.11. The quantitative estimate of drug-likeness (QED) is 0.835. The van der Waals surface area contributed by atoms with Crippen molar-refractivity contribution in [1.82, 2.24) is 10.3 Å². The van der Waals surface area contributed by atoms with Gasteiger partial charge in [0, 0.05) is 6.54 Å². The normalized spacial score (nSPS) is 11.0. The standard InChI is InChI=1S/C11H14N2S/c1-3-12-7-11-13-9-5-4-8(2)6-10(9)14-11/h4-6,12H,3,7H2,1-2H3. The Balaban J connectivity index is 2.32. The molecule has 0 aliphatic carbocycles. The predicted octanol–water partition coefficient (Wildman–Crippen LogP) is 2.71. The molecule has 0 spiro atoms. The molecule has 14 heavy (non-hydrogen) atoms. The summed E-state index contributed by atoms with van der Waals surface area (Å²) in [5, 5.41) is 4.46. The zero-order valence-electron chi connectivity index (χ0n) is 8.50. The minimum atomic E-state index is 0.884. The molecule has 0 unspecified atom stereocenters. The Hall–Kier alpha value is -0.930. The number of hydrogen-bond donors (Lipinski definition) is 1. The Morgan fingerprint density at radius 3 is 3.07 bits per heavy atom. The first-order chi connectivity index (χ1) is 6.79. The van der Waals surface area contributed by atoms with Gasteiger partial charge >= 0.3 is 0 Å². The molecule has 2 aromatic rings. The number of nitrogens with one attached hydrogen (secondary N) is 1. The summed E-state index contributed by atoms with van der Waals surface area (Å²) in [5.41, 5.74) is 2.42. The molecule has 0 saturated heterocycles. The molecular formula is C11H14N2S. The first-order valence-electron chi connectivity index (χ1n) is 4.86. The van der Waals surface area contributed by atoms with Crippen LogP contribution in [0.4, 0.5) is 0 Å². The van der Waals surface area contributed by atoms with E-state index in [1.165, 1.54) is 15.3 Å². The average molecular weight is 206 g/mol. The molecule has 2 nitrogen and oxygen atoms in total. The average Bonchev–Trinajstić information content (AvgIpc) is 2.56. The molecular weight excluding hydrogens is 192 g/mol. The van der Waals surface area contributed by atoms with Gasteiger partial charge in [-0.1, -0.05) is 13.0 Å². The third-order valence-corrected chi connectivity index (χ3v) is 3.13. The van der Waals surface area contributed by atoms with Gasteiger partial charge in [0.15, 0.2) is 0 Å². The van der Waals surface area contributed by atoms with Crippen molar-refractivity contribution in [2.45, 2.75) is 20.4 Å². The first kappa shape index (κ1) is 9.62. The number of aryl methyl sites for hydroxylation is 1. The van der Waals surface area contributed by atoms with Gasteiger partial charge < -0.3 is 5.32 Å². The number of aromatic nitrogens is 1. The smallest absolute Gasteiger partial charge is 0.108 e. The molecule has 0 radical (unpaired) electrons. The molecule has 0 aliphatic rings. The molecule has 1 N–H and O–H groups in total. The maximum absolute atomic E-state index is 4.55. The van der Waals surface area contributed by atoms with Crippen LogP contribution in [-0.4, -0.2) is 11.5 Å². The number of rotatable bonds is 3. The van der Waals surface area contributed by atoms with E-state index in [0.29, 0.717) is 0 Å². The molecule has 3 heteroatoms. The summed E-state index contributed by atoms with van der Waals surface area (Å²) in [4.78, 5) is 4.55. The molecule has 0 amide bonds. The molecule has 0 fully saturated rings. The van der Waals surface area contributed by atoms with Crippen molar-refractivity contribution >= 4 is 21.6 Å². The highest BCUT2D eigenvalue weighted by atomic mass is 32.1. The van der Waals surface area contributed by atoms with Crippen LogP contribution >= 0.6 is 11.3 Å². The number of fused-ring (bicyclic) bond motifs is 1. The number of hydrogen-bond acceptors (Lipinski definition) is 3. The van der Waals surface area contributed by atoms with Crippen LogP contribution in [-0.2, 0) is 6.54 Å². The first-order valence-corrected chi connectivity index (χ1v) is 5.68. The Bertz CT molecular complexity index is 434. The lowest BCUT2D eigenvalue weighted by Crippen LogP contribution is -2.11. The van der Waals surface area contributed by atoms with E-state index in [2.05, 4.69) is 42.3 Å². The fourth-order valence-corrected chi connectivity index (χ4v) is 2.42.